The van der Waals surface area contributed by atoms with Gasteiger partial charge in [0, 0.05) is 19.1 Å². The van der Waals surface area contributed by atoms with E-state index in [4.69, 9.17) is 5.73 Å². The van der Waals surface area contributed by atoms with Gasteiger partial charge in [0.1, 0.15) is 0 Å². The predicted octanol–water partition coefficient (Wildman–Crippen LogP) is 0.331. The van der Waals surface area contributed by atoms with Crippen molar-refractivity contribution in [1.82, 2.24) is 4.90 Å². The monoisotopic (exact) mass is 220 g/mol. The number of piperidine rings is 1. The maximum atomic E-state index is 11.1. The van der Waals surface area contributed by atoms with Crippen LogP contribution in [0, 0.1) is 0 Å². The molecule has 0 radical (unpaired) electrons. The van der Waals surface area contributed by atoms with Gasteiger partial charge in [0.05, 0.1) is 5.33 Å². The number of carbonyl (C=O) groups is 1. The summed E-state index contributed by atoms with van der Waals surface area (Å²) in [6, 6.07) is 0.300. The van der Waals surface area contributed by atoms with Gasteiger partial charge in [-0.2, -0.15) is 0 Å². The maximum absolute atomic E-state index is 11.1. The number of hydrogen-bond donors (Lipinski definition) is 1. The fourth-order valence-corrected chi connectivity index (χ4v) is 1.59. The Labute approximate surface area is 75.1 Å². The number of amides is 1. The SMILES string of the molecule is NC1CCN(C(=O)CBr)CC1. The third-order valence-electron chi connectivity index (χ3n) is 2.01. The van der Waals surface area contributed by atoms with E-state index in [0.717, 1.165) is 25.9 Å². The molecule has 3 nitrogen and oxygen atoms in total. The number of nitrogens with two attached hydrogens (primary N) is 1. The summed E-state index contributed by atoms with van der Waals surface area (Å²) in [7, 11) is 0. The minimum absolute atomic E-state index is 0.178. The van der Waals surface area contributed by atoms with Crippen LogP contribution in [0.2, 0.25) is 0 Å². The lowest BCUT2D eigenvalue weighted by molar-refractivity contribution is -0.129. The molecule has 1 amide bonds. The molecule has 2 N–H and O–H groups in total. The van der Waals surface area contributed by atoms with Gasteiger partial charge < -0.3 is 10.6 Å². The molecule has 1 fully saturated rings. The summed E-state index contributed by atoms with van der Waals surface area (Å²) in [6.45, 7) is 1.65. The molecule has 0 saturated carbocycles. The fourth-order valence-electron chi connectivity index (χ4n) is 1.23. The van der Waals surface area contributed by atoms with Gasteiger partial charge in [-0.25, -0.2) is 0 Å². The largest absolute Gasteiger partial charge is 0.342 e. The van der Waals surface area contributed by atoms with Crippen LogP contribution in [0.25, 0.3) is 0 Å². The molecule has 0 unspecified atom stereocenters. The highest BCUT2D eigenvalue weighted by Gasteiger charge is 2.18. The maximum Gasteiger partial charge on any atom is 0.233 e. The molecular weight excluding hydrogens is 208 g/mol. The molecule has 0 aromatic heterocycles. The predicted molar refractivity (Wildman–Crippen MR) is 47.6 cm³/mol. The van der Waals surface area contributed by atoms with E-state index in [-0.39, 0.29) is 5.91 Å². The Kier molecular flexibility index (Phi) is 3.33. The van der Waals surface area contributed by atoms with Crippen molar-refractivity contribution in [3.63, 3.8) is 0 Å². The number of hydrogen-bond acceptors (Lipinski definition) is 2. The van der Waals surface area contributed by atoms with Gasteiger partial charge in [0.2, 0.25) is 5.91 Å². The molecule has 1 saturated heterocycles. The van der Waals surface area contributed by atoms with Crippen molar-refractivity contribution in [3.05, 3.63) is 0 Å². The first-order chi connectivity index (χ1) is 5.24. The zero-order valence-electron chi connectivity index (χ0n) is 6.42. The van der Waals surface area contributed by atoms with Gasteiger partial charge >= 0.3 is 0 Å². The molecule has 1 aliphatic rings. The van der Waals surface area contributed by atoms with Crippen LogP contribution in [0.1, 0.15) is 12.8 Å². The van der Waals surface area contributed by atoms with Crippen molar-refractivity contribution < 1.29 is 4.79 Å². The van der Waals surface area contributed by atoms with Crippen LogP contribution in [0.15, 0.2) is 0 Å². The highest BCUT2D eigenvalue weighted by Crippen LogP contribution is 2.08. The topological polar surface area (TPSA) is 46.3 Å². The molecule has 1 heterocycles. The molecule has 4 heteroatoms. The molecule has 1 rings (SSSR count). The standard InChI is InChI=1S/C7H13BrN2O/c8-5-7(11)10-3-1-6(9)2-4-10/h6H,1-5,9H2. The number of halogens is 1. The van der Waals surface area contributed by atoms with Crippen LogP contribution in [-0.2, 0) is 4.79 Å². The number of alkyl halides is 1. The van der Waals surface area contributed by atoms with E-state index in [1.165, 1.54) is 0 Å². The zero-order valence-corrected chi connectivity index (χ0v) is 8.01. The second-order valence-electron chi connectivity index (χ2n) is 2.85. The van der Waals surface area contributed by atoms with E-state index >= 15 is 0 Å². The summed E-state index contributed by atoms with van der Waals surface area (Å²) in [5, 5.41) is 0.433. The summed E-state index contributed by atoms with van der Waals surface area (Å²) < 4.78 is 0. The lowest BCUT2D eigenvalue weighted by atomic mass is 10.1. The zero-order chi connectivity index (χ0) is 8.27. The molecular formula is C7H13BrN2O. The minimum Gasteiger partial charge on any atom is -0.342 e. The second-order valence-corrected chi connectivity index (χ2v) is 3.41. The Balaban J connectivity index is 2.33. The van der Waals surface area contributed by atoms with E-state index < -0.39 is 0 Å². The first-order valence-corrected chi connectivity index (χ1v) is 4.95. The van der Waals surface area contributed by atoms with E-state index in [1.807, 2.05) is 4.90 Å². The molecule has 64 valence electrons. The first kappa shape index (κ1) is 9.00. The lowest BCUT2D eigenvalue weighted by Gasteiger charge is -2.29. The highest BCUT2D eigenvalue weighted by molar-refractivity contribution is 9.09. The highest BCUT2D eigenvalue weighted by atomic mass is 79.9. The Bertz CT molecular complexity index is 143. The van der Waals surface area contributed by atoms with E-state index in [9.17, 15) is 4.79 Å². The first-order valence-electron chi connectivity index (χ1n) is 3.83. The van der Waals surface area contributed by atoms with Crippen molar-refractivity contribution in [2.75, 3.05) is 18.4 Å². The van der Waals surface area contributed by atoms with Gasteiger partial charge in [0.15, 0.2) is 0 Å². The van der Waals surface area contributed by atoms with Crippen LogP contribution >= 0.6 is 15.9 Å². The third-order valence-corrected chi connectivity index (χ3v) is 2.49. The van der Waals surface area contributed by atoms with Crippen molar-refractivity contribution in [2.45, 2.75) is 18.9 Å². The Morgan fingerprint density at radius 3 is 2.55 bits per heavy atom. The second kappa shape index (κ2) is 4.07. The Hall–Kier alpha value is -0.0900. The van der Waals surface area contributed by atoms with Crippen molar-refractivity contribution in [3.8, 4) is 0 Å². The minimum atomic E-state index is 0.178. The molecule has 0 spiro atoms. The van der Waals surface area contributed by atoms with Gasteiger partial charge in [-0.1, -0.05) is 15.9 Å². The molecule has 1 aliphatic heterocycles. The molecule has 0 bridgehead atoms. The van der Waals surface area contributed by atoms with Gasteiger partial charge in [0.25, 0.3) is 0 Å². The summed E-state index contributed by atoms with van der Waals surface area (Å²) >= 11 is 3.14. The Morgan fingerprint density at radius 1 is 1.55 bits per heavy atom. The molecule has 11 heavy (non-hydrogen) atoms. The van der Waals surface area contributed by atoms with Crippen LogP contribution in [0.5, 0.6) is 0 Å². The van der Waals surface area contributed by atoms with Gasteiger partial charge in [-0.05, 0) is 12.8 Å². The third kappa shape index (κ3) is 2.45. The van der Waals surface area contributed by atoms with Gasteiger partial charge in [-0.15, -0.1) is 0 Å². The van der Waals surface area contributed by atoms with Crippen LogP contribution in [-0.4, -0.2) is 35.3 Å². The van der Waals surface area contributed by atoms with E-state index in [1.54, 1.807) is 0 Å². The average molecular weight is 221 g/mol. The van der Waals surface area contributed by atoms with Crippen molar-refractivity contribution in [1.29, 1.82) is 0 Å². The quantitative estimate of drug-likeness (QED) is 0.648. The number of likely N-dealkylation sites (tertiary alicyclic amines) is 1. The smallest absolute Gasteiger partial charge is 0.233 e. The van der Waals surface area contributed by atoms with Gasteiger partial charge in [-0.3, -0.25) is 4.79 Å². The fraction of sp³-hybridized carbons (Fsp3) is 0.857. The Morgan fingerprint density at radius 2 is 2.09 bits per heavy atom. The summed E-state index contributed by atoms with van der Waals surface area (Å²) in [4.78, 5) is 13.0. The number of rotatable bonds is 1. The molecule has 0 aromatic carbocycles. The molecule has 0 aromatic rings. The number of carbonyl (C=O) groups excluding carboxylic acids is 1. The average Bonchev–Trinajstić information content (AvgIpc) is 2.05. The lowest BCUT2D eigenvalue weighted by Crippen LogP contribution is -2.43. The molecule has 0 aliphatic carbocycles. The van der Waals surface area contributed by atoms with Crippen molar-refractivity contribution in [2.24, 2.45) is 5.73 Å². The number of nitrogens with zero attached hydrogens (tertiary/aromatic N) is 1. The summed E-state index contributed by atoms with van der Waals surface area (Å²) in [5.74, 6) is 0.178. The van der Waals surface area contributed by atoms with Crippen molar-refractivity contribution >= 4 is 21.8 Å². The summed E-state index contributed by atoms with van der Waals surface area (Å²) in [5.41, 5.74) is 5.69. The van der Waals surface area contributed by atoms with E-state index in [0.29, 0.717) is 11.4 Å². The summed E-state index contributed by atoms with van der Waals surface area (Å²) in [6.07, 6.45) is 1.89. The molecule has 0 atom stereocenters. The van der Waals surface area contributed by atoms with Crippen LogP contribution in [0.3, 0.4) is 0 Å². The normalized spacial score (nSPS) is 20.4. The van der Waals surface area contributed by atoms with Crippen LogP contribution in [0.4, 0.5) is 0 Å². The van der Waals surface area contributed by atoms with E-state index in [2.05, 4.69) is 15.9 Å². The van der Waals surface area contributed by atoms with Crippen LogP contribution < -0.4 is 5.73 Å².